The van der Waals surface area contributed by atoms with Crippen LogP contribution in [0.2, 0.25) is 0 Å². The normalized spacial score (nSPS) is 11.5. The molecule has 0 unspecified atom stereocenters. The summed E-state index contributed by atoms with van der Waals surface area (Å²) in [6, 6.07) is 19.2. The molecule has 0 spiro atoms. The van der Waals surface area contributed by atoms with E-state index in [2.05, 4.69) is 10.3 Å². The van der Waals surface area contributed by atoms with Gasteiger partial charge >= 0.3 is 0 Å². The van der Waals surface area contributed by atoms with Crippen molar-refractivity contribution in [2.75, 3.05) is 11.9 Å². The third kappa shape index (κ3) is 5.45. The lowest BCUT2D eigenvalue weighted by molar-refractivity contribution is 0.628. The molecular weight excluding hydrogens is 441 g/mol. The highest BCUT2D eigenvalue weighted by Gasteiger charge is 2.18. The summed E-state index contributed by atoms with van der Waals surface area (Å²) >= 11 is 0. The van der Waals surface area contributed by atoms with Crippen LogP contribution in [0.4, 0.5) is 10.3 Å². The molecular formula is C25H25ClFN5O. The van der Waals surface area contributed by atoms with Crippen molar-refractivity contribution in [3.63, 3.8) is 0 Å². The van der Waals surface area contributed by atoms with Crippen molar-refractivity contribution in [1.29, 1.82) is 0 Å². The van der Waals surface area contributed by atoms with E-state index < -0.39 is 0 Å². The van der Waals surface area contributed by atoms with Gasteiger partial charge in [-0.15, -0.1) is 12.4 Å². The molecule has 0 radical (unpaired) electrons. The summed E-state index contributed by atoms with van der Waals surface area (Å²) in [5, 5.41) is 3.25. The predicted octanol–water partition coefficient (Wildman–Crippen LogP) is 4.57. The lowest BCUT2D eigenvalue weighted by atomic mass is 10.0. The maximum atomic E-state index is 13.5. The highest BCUT2D eigenvalue weighted by molar-refractivity contribution is 5.85. The Bertz CT molecular complexity index is 1250. The molecule has 2 aromatic heterocycles. The number of rotatable bonds is 7. The zero-order valence-corrected chi connectivity index (χ0v) is 18.9. The van der Waals surface area contributed by atoms with E-state index in [4.69, 9.17) is 10.7 Å². The first-order valence-electron chi connectivity index (χ1n) is 10.4. The predicted molar refractivity (Wildman–Crippen MR) is 132 cm³/mol. The van der Waals surface area contributed by atoms with Gasteiger partial charge in [0.25, 0.3) is 5.56 Å². The van der Waals surface area contributed by atoms with E-state index in [0.29, 0.717) is 35.7 Å². The summed E-state index contributed by atoms with van der Waals surface area (Å²) in [5.41, 5.74) is 9.39. The van der Waals surface area contributed by atoms with Gasteiger partial charge < -0.3 is 11.1 Å². The maximum absolute atomic E-state index is 13.5. The molecule has 1 atom stereocenters. The Morgan fingerprint density at radius 3 is 2.33 bits per heavy atom. The Morgan fingerprint density at radius 2 is 1.67 bits per heavy atom. The minimum Gasteiger partial charge on any atom is -0.355 e. The lowest BCUT2D eigenvalue weighted by Gasteiger charge is -2.17. The molecule has 4 rings (SSSR count). The highest BCUT2D eigenvalue weighted by Crippen LogP contribution is 2.28. The van der Waals surface area contributed by atoms with Gasteiger partial charge in [0, 0.05) is 37.6 Å². The molecule has 0 aliphatic heterocycles. The van der Waals surface area contributed by atoms with E-state index in [1.165, 1.54) is 16.7 Å². The number of anilines is 1. The Hall–Kier alpha value is -3.55. The summed E-state index contributed by atoms with van der Waals surface area (Å²) in [5.74, 6) is 0.0740. The van der Waals surface area contributed by atoms with Gasteiger partial charge in [0.05, 0.1) is 11.3 Å². The van der Waals surface area contributed by atoms with E-state index in [1.54, 1.807) is 43.7 Å². The molecule has 8 heteroatoms. The van der Waals surface area contributed by atoms with Gasteiger partial charge in [-0.25, -0.2) is 9.37 Å². The van der Waals surface area contributed by atoms with Crippen LogP contribution in [0.5, 0.6) is 0 Å². The Kier molecular flexibility index (Phi) is 7.92. The molecule has 0 amide bonds. The SMILES string of the molecule is Cl.Cn1c(NCC[C@@H](N)c2ccccc2)nc(-c2ccncc2)c(-c2ccc(F)cc2)c1=O. The van der Waals surface area contributed by atoms with Crippen LogP contribution in [-0.4, -0.2) is 21.1 Å². The zero-order chi connectivity index (χ0) is 22.5. The highest BCUT2D eigenvalue weighted by atomic mass is 35.5. The van der Waals surface area contributed by atoms with Crippen LogP contribution in [0, 0.1) is 5.82 Å². The largest absolute Gasteiger partial charge is 0.355 e. The lowest BCUT2D eigenvalue weighted by Crippen LogP contribution is -2.26. The van der Waals surface area contributed by atoms with Gasteiger partial charge in [-0.3, -0.25) is 14.3 Å². The van der Waals surface area contributed by atoms with Crippen LogP contribution >= 0.6 is 12.4 Å². The van der Waals surface area contributed by atoms with Crippen LogP contribution in [0.1, 0.15) is 18.0 Å². The number of nitrogens with two attached hydrogens (primary N) is 1. The van der Waals surface area contributed by atoms with Crippen molar-refractivity contribution in [2.24, 2.45) is 12.8 Å². The van der Waals surface area contributed by atoms with Crippen LogP contribution in [0.15, 0.2) is 83.9 Å². The van der Waals surface area contributed by atoms with E-state index in [1.807, 2.05) is 30.3 Å². The monoisotopic (exact) mass is 465 g/mol. The molecule has 2 heterocycles. The average molecular weight is 466 g/mol. The fraction of sp³-hybridized carbons (Fsp3) is 0.160. The van der Waals surface area contributed by atoms with Gasteiger partial charge in [0.2, 0.25) is 5.95 Å². The number of hydrogen-bond acceptors (Lipinski definition) is 5. The first-order valence-corrected chi connectivity index (χ1v) is 10.4. The number of nitrogens with one attached hydrogen (secondary N) is 1. The van der Waals surface area contributed by atoms with Crippen molar-refractivity contribution >= 4 is 18.4 Å². The first-order chi connectivity index (χ1) is 15.5. The van der Waals surface area contributed by atoms with Crippen LogP contribution in [0.3, 0.4) is 0 Å². The van der Waals surface area contributed by atoms with Crippen molar-refractivity contribution in [2.45, 2.75) is 12.5 Å². The summed E-state index contributed by atoms with van der Waals surface area (Å²) < 4.78 is 14.9. The molecule has 0 aliphatic rings. The van der Waals surface area contributed by atoms with Gasteiger partial charge in [0.1, 0.15) is 5.82 Å². The third-order valence-electron chi connectivity index (χ3n) is 5.34. The summed E-state index contributed by atoms with van der Waals surface area (Å²) in [7, 11) is 1.66. The van der Waals surface area contributed by atoms with E-state index in [9.17, 15) is 9.18 Å². The van der Waals surface area contributed by atoms with Gasteiger partial charge in [-0.2, -0.15) is 0 Å². The maximum Gasteiger partial charge on any atom is 0.263 e. The minimum absolute atomic E-state index is 0. The third-order valence-corrected chi connectivity index (χ3v) is 5.34. The fourth-order valence-corrected chi connectivity index (χ4v) is 3.56. The molecule has 0 fully saturated rings. The quantitative estimate of drug-likeness (QED) is 0.417. The molecule has 0 saturated carbocycles. The fourth-order valence-electron chi connectivity index (χ4n) is 3.56. The molecule has 0 saturated heterocycles. The molecule has 170 valence electrons. The second kappa shape index (κ2) is 10.8. The molecule has 3 N–H and O–H groups in total. The topological polar surface area (TPSA) is 85.8 Å². The standard InChI is InChI=1S/C25H24FN5O.ClH/c1-31-24(32)22(18-7-9-20(26)10-8-18)23(19-11-14-28-15-12-19)30-25(31)29-16-13-21(27)17-5-3-2-4-6-17;/h2-12,14-15,21H,13,16,27H2,1H3,(H,29,30);1H/t21-;/m1./s1. The molecule has 33 heavy (non-hydrogen) atoms. The van der Waals surface area contributed by atoms with Crippen LogP contribution < -0.4 is 16.6 Å². The summed E-state index contributed by atoms with van der Waals surface area (Å²) in [4.78, 5) is 22.2. The Labute approximate surface area is 197 Å². The molecule has 2 aromatic carbocycles. The Morgan fingerprint density at radius 1 is 1.00 bits per heavy atom. The number of halogens is 2. The Balaban J connectivity index is 0.00000306. The van der Waals surface area contributed by atoms with Gasteiger partial charge in [-0.05, 0) is 41.8 Å². The van der Waals surface area contributed by atoms with E-state index in [-0.39, 0.29) is 29.8 Å². The number of aromatic nitrogens is 3. The van der Waals surface area contributed by atoms with Crippen LogP contribution in [-0.2, 0) is 7.05 Å². The number of hydrogen-bond donors (Lipinski definition) is 2. The van der Waals surface area contributed by atoms with Crippen molar-refractivity contribution < 1.29 is 4.39 Å². The van der Waals surface area contributed by atoms with Crippen molar-refractivity contribution in [3.8, 4) is 22.4 Å². The van der Waals surface area contributed by atoms with Gasteiger partial charge in [-0.1, -0.05) is 42.5 Å². The van der Waals surface area contributed by atoms with Crippen molar-refractivity contribution in [3.05, 3.63) is 101 Å². The zero-order valence-electron chi connectivity index (χ0n) is 18.1. The smallest absolute Gasteiger partial charge is 0.263 e. The summed E-state index contributed by atoms with van der Waals surface area (Å²) in [6.07, 6.45) is 3.97. The van der Waals surface area contributed by atoms with Crippen LogP contribution in [0.25, 0.3) is 22.4 Å². The number of nitrogens with zero attached hydrogens (tertiary/aromatic N) is 3. The second-order valence-electron chi connectivity index (χ2n) is 7.50. The van der Waals surface area contributed by atoms with E-state index >= 15 is 0 Å². The average Bonchev–Trinajstić information content (AvgIpc) is 2.83. The second-order valence-corrected chi connectivity index (χ2v) is 7.50. The van der Waals surface area contributed by atoms with Crippen molar-refractivity contribution in [1.82, 2.24) is 14.5 Å². The number of pyridine rings is 1. The first kappa shape index (κ1) is 24.1. The molecule has 6 nitrogen and oxygen atoms in total. The minimum atomic E-state index is -0.364. The number of benzene rings is 2. The molecule has 0 bridgehead atoms. The molecule has 0 aliphatic carbocycles. The summed E-state index contributed by atoms with van der Waals surface area (Å²) in [6.45, 7) is 0.544. The molecule has 4 aromatic rings. The van der Waals surface area contributed by atoms with E-state index in [0.717, 1.165) is 11.1 Å². The van der Waals surface area contributed by atoms with Gasteiger partial charge in [0.15, 0.2) is 0 Å².